The van der Waals surface area contributed by atoms with E-state index in [0.29, 0.717) is 28.9 Å². The molecule has 0 aromatic heterocycles. The van der Waals surface area contributed by atoms with Crippen LogP contribution in [0.2, 0.25) is 0 Å². The van der Waals surface area contributed by atoms with Crippen LogP contribution in [0, 0.1) is 0 Å². The van der Waals surface area contributed by atoms with E-state index in [9.17, 15) is 14.4 Å². The van der Waals surface area contributed by atoms with Gasteiger partial charge in [0.2, 0.25) is 0 Å². The fraction of sp³-hybridized carbons (Fsp3) is 0.0870. The van der Waals surface area contributed by atoms with Gasteiger partial charge in [-0.2, -0.15) is 0 Å². The van der Waals surface area contributed by atoms with Gasteiger partial charge in [0.25, 0.3) is 11.8 Å². The van der Waals surface area contributed by atoms with Crippen LogP contribution in [0.3, 0.4) is 0 Å². The third-order valence-electron chi connectivity index (χ3n) is 4.84. The van der Waals surface area contributed by atoms with Crippen molar-refractivity contribution in [3.63, 3.8) is 0 Å². The molecule has 0 unspecified atom stereocenters. The van der Waals surface area contributed by atoms with Crippen molar-refractivity contribution in [3.05, 3.63) is 89.0 Å². The molecule has 0 radical (unpaired) electrons. The molecule has 3 aromatic rings. The van der Waals surface area contributed by atoms with E-state index in [-0.39, 0.29) is 11.8 Å². The first-order valence-corrected chi connectivity index (χ1v) is 9.07. The average Bonchev–Trinajstić information content (AvgIpc) is 3.16. The number of methoxy groups -OCH3 is 1. The van der Waals surface area contributed by atoms with Crippen LogP contribution in [-0.4, -0.2) is 24.9 Å². The van der Waals surface area contributed by atoms with Gasteiger partial charge in [-0.25, -0.2) is 4.79 Å². The highest BCUT2D eigenvalue weighted by atomic mass is 16.5. The molecule has 0 fully saturated rings. The summed E-state index contributed by atoms with van der Waals surface area (Å²) in [6.45, 7) is 0.348. The molecular formula is C23H18N2O4. The van der Waals surface area contributed by atoms with Gasteiger partial charge in [0.1, 0.15) is 0 Å². The Morgan fingerprint density at radius 2 is 1.72 bits per heavy atom. The summed E-state index contributed by atoms with van der Waals surface area (Å²) >= 11 is 0. The van der Waals surface area contributed by atoms with Crippen molar-refractivity contribution in [2.75, 3.05) is 12.4 Å². The van der Waals surface area contributed by atoms with Gasteiger partial charge in [-0.15, -0.1) is 0 Å². The number of rotatable bonds is 4. The van der Waals surface area contributed by atoms with Gasteiger partial charge >= 0.3 is 5.97 Å². The summed E-state index contributed by atoms with van der Waals surface area (Å²) in [7, 11) is 1.33. The molecule has 1 aliphatic rings. The summed E-state index contributed by atoms with van der Waals surface area (Å²) in [6, 6.07) is 19.4. The number of esters is 1. The third-order valence-corrected chi connectivity index (χ3v) is 4.84. The number of ether oxygens (including phenoxy) is 1. The number of fused-ring (bicyclic) bond motifs is 1. The van der Waals surface area contributed by atoms with Gasteiger partial charge in [-0.1, -0.05) is 36.4 Å². The van der Waals surface area contributed by atoms with Gasteiger partial charge < -0.3 is 15.4 Å². The Balaban J connectivity index is 1.74. The third kappa shape index (κ3) is 3.48. The summed E-state index contributed by atoms with van der Waals surface area (Å²) in [6.07, 6.45) is 0. The van der Waals surface area contributed by atoms with E-state index in [1.807, 2.05) is 18.2 Å². The Kier molecular flexibility index (Phi) is 4.83. The maximum Gasteiger partial charge on any atom is 0.337 e. The summed E-state index contributed by atoms with van der Waals surface area (Å²) in [5, 5.41) is 5.65. The molecule has 0 bridgehead atoms. The molecule has 0 saturated carbocycles. The van der Waals surface area contributed by atoms with Gasteiger partial charge in [0.05, 0.1) is 23.9 Å². The largest absolute Gasteiger partial charge is 0.465 e. The molecule has 0 aliphatic carbocycles. The maximum atomic E-state index is 12.5. The van der Waals surface area contributed by atoms with E-state index in [1.165, 1.54) is 7.11 Å². The van der Waals surface area contributed by atoms with E-state index < -0.39 is 5.97 Å². The zero-order valence-electron chi connectivity index (χ0n) is 15.7. The fourth-order valence-corrected chi connectivity index (χ4v) is 3.44. The van der Waals surface area contributed by atoms with Crippen LogP contribution in [0.15, 0.2) is 66.7 Å². The van der Waals surface area contributed by atoms with Crippen LogP contribution in [0.4, 0.5) is 5.69 Å². The molecule has 29 heavy (non-hydrogen) atoms. The lowest BCUT2D eigenvalue weighted by Crippen LogP contribution is -2.17. The highest BCUT2D eigenvalue weighted by molar-refractivity contribution is 6.11. The van der Waals surface area contributed by atoms with Crippen molar-refractivity contribution in [1.82, 2.24) is 5.32 Å². The minimum atomic E-state index is -0.426. The van der Waals surface area contributed by atoms with Crippen molar-refractivity contribution in [3.8, 4) is 11.1 Å². The van der Waals surface area contributed by atoms with E-state index >= 15 is 0 Å². The van der Waals surface area contributed by atoms with Crippen molar-refractivity contribution >= 4 is 23.5 Å². The van der Waals surface area contributed by atoms with Crippen LogP contribution in [0.5, 0.6) is 0 Å². The fourth-order valence-electron chi connectivity index (χ4n) is 3.44. The highest BCUT2D eigenvalue weighted by Crippen LogP contribution is 2.34. The normalized spacial score (nSPS) is 12.1. The van der Waals surface area contributed by atoms with Crippen molar-refractivity contribution in [2.24, 2.45) is 0 Å². The molecule has 3 aromatic carbocycles. The lowest BCUT2D eigenvalue weighted by molar-refractivity contribution is 0.0600. The average molecular weight is 386 g/mol. The molecule has 1 heterocycles. The predicted molar refractivity (Wildman–Crippen MR) is 109 cm³/mol. The number of benzene rings is 3. The zero-order valence-corrected chi connectivity index (χ0v) is 15.7. The summed E-state index contributed by atoms with van der Waals surface area (Å²) in [5.41, 5.74) is 4.23. The Morgan fingerprint density at radius 3 is 2.48 bits per heavy atom. The second kappa shape index (κ2) is 7.59. The van der Waals surface area contributed by atoms with Crippen LogP contribution < -0.4 is 10.6 Å². The lowest BCUT2D eigenvalue weighted by atomic mass is 9.94. The molecular weight excluding hydrogens is 368 g/mol. The smallest absolute Gasteiger partial charge is 0.337 e. The van der Waals surface area contributed by atoms with Gasteiger partial charge in [0, 0.05) is 12.1 Å². The molecule has 0 atom stereocenters. The van der Waals surface area contributed by atoms with Crippen LogP contribution >= 0.6 is 0 Å². The second-order valence-electron chi connectivity index (χ2n) is 6.59. The number of hydrogen-bond acceptors (Lipinski definition) is 4. The number of nitrogens with one attached hydrogen (secondary N) is 2. The molecule has 6 heteroatoms. The van der Waals surface area contributed by atoms with Gasteiger partial charge in [-0.05, 0) is 47.0 Å². The summed E-state index contributed by atoms with van der Waals surface area (Å²) < 4.78 is 4.79. The maximum absolute atomic E-state index is 12.5. The Bertz CT molecular complexity index is 1120. The molecule has 1 aliphatic heterocycles. The molecule has 0 saturated heterocycles. The second-order valence-corrected chi connectivity index (χ2v) is 6.59. The molecule has 2 amide bonds. The Hall–Kier alpha value is -3.93. The predicted octanol–water partition coefficient (Wildman–Crippen LogP) is 3.64. The van der Waals surface area contributed by atoms with Crippen molar-refractivity contribution in [1.29, 1.82) is 0 Å². The summed E-state index contributed by atoms with van der Waals surface area (Å²) in [5.74, 6) is -0.952. The number of carbonyl (C=O) groups excluding carboxylic acids is 3. The zero-order chi connectivity index (χ0) is 20.4. The first kappa shape index (κ1) is 18.4. The molecule has 144 valence electrons. The summed E-state index contributed by atoms with van der Waals surface area (Å²) in [4.78, 5) is 36.9. The van der Waals surface area contributed by atoms with E-state index in [4.69, 9.17) is 4.74 Å². The quantitative estimate of drug-likeness (QED) is 0.671. The SMILES string of the molecule is COC(=O)c1cccc(-c2ccc(NC(=O)c3ccccc3)c3c2CNC3=O)c1. The van der Waals surface area contributed by atoms with Crippen LogP contribution in [0.25, 0.3) is 11.1 Å². The highest BCUT2D eigenvalue weighted by Gasteiger charge is 2.27. The number of hydrogen-bond donors (Lipinski definition) is 2. The number of amides is 2. The molecule has 0 spiro atoms. The van der Waals surface area contributed by atoms with E-state index in [1.54, 1.807) is 48.5 Å². The minimum Gasteiger partial charge on any atom is -0.465 e. The molecule has 6 nitrogen and oxygen atoms in total. The van der Waals surface area contributed by atoms with Crippen molar-refractivity contribution in [2.45, 2.75) is 6.54 Å². The topological polar surface area (TPSA) is 84.5 Å². The van der Waals surface area contributed by atoms with Gasteiger partial charge in [0.15, 0.2) is 0 Å². The first-order valence-electron chi connectivity index (χ1n) is 9.07. The molecule has 2 N–H and O–H groups in total. The number of anilines is 1. The Morgan fingerprint density at radius 1 is 0.966 bits per heavy atom. The van der Waals surface area contributed by atoms with E-state index in [0.717, 1.165) is 16.7 Å². The monoisotopic (exact) mass is 386 g/mol. The first-order chi connectivity index (χ1) is 14.1. The van der Waals surface area contributed by atoms with Crippen LogP contribution in [0.1, 0.15) is 36.6 Å². The Labute approximate surface area is 167 Å². The standard InChI is InChI=1S/C23H18N2O4/c1-29-23(28)16-9-5-8-15(12-16)17-10-11-19(20-18(17)13-24-22(20)27)25-21(26)14-6-3-2-4-7-14/h2-12H,13H2,1H3,(H,24,27)(H,25,26). The number of carbonyl (C=O) groups is 3. The minimum absolute atomic E-state index is 0.241. The van der Waals surface area contributed by atoms with Crippen LogP contribution in [-0.2, 0) is 11.3 Å². The lowest BCUT2D eigenvalue weighted by Gasteiger charge is -2.13. The van der Waals surface area contributed by atoms with E-state index in [2.05, 4.69) is 10.6 Å². The van der Waals surface area contributed by atoms with Gasteiger partial charge in [-0.3, -0.25) is 9.59 Å². The van der Waals surface area contributed by atoms with Crippen molar-refractivity contribution < 1.29 is 19.1 Å². The molecule has 4 rings (SSSR count).